The van der Waals surface area contributed by atoms with Crippen molar-refractivity contribution in [3.8, 4) is 5.75 Å². The van der Waals surface area contributed by atoms with Gasteiger partial charge >= 0.3 is 21.2 Å². The van der Waals surface area contributed by atoms with E-state index in [2.05, 4.69) is 11.9 Å². The van der Waals surface area contributed by atoms with Gasteiger partial charge in [0.05, 0.1) is 11.7 Å². The van der Waals surface area contributed by atoms with E-state index >= 15 is 0 Å². The van der Waals surface area contributed by atoms with Crippen molar-refractivity contribution >= 4 is 21.2 Å². The Hall–Kier alpha value is -2.97. The number of carbonyl (C=O) groups excluding carboxylic acids is 1. The van der Waals surface area contributed by atoms with E-state index in [1.807, 2.05) is 0 Å². The molecule has 0 radical (unpaired) electrons. The number of fused-ring (bicyclic) bond motifs is 4. The summed E-state index contributed by atoms with van der Waals surface area (Å²) in [5.74, 6) is -0.195. The van der Waals surface area contributed by atoms with Gasteiger partial charge in [0.1, 0.15) is 17.8 Å². The van der Waals surface area contributed by atoms with Crippen LogP contribution in [0.1, 0.15) is 27.0 Å². The van der Waals surface area contributed by atoms with Gasteiger partial charge in [-0.15, -0.1) is 0 Å². The third kappa shape index (κ3) is 4.52. The van der Waals surface area contributed by atoms with Gasteiger partial charge in [-0.1, -0.05) is 43.0 Å². The Morgan fingerprint density at radius 2 is 1.76 bits per heavy atom. The topological polar surface area (TPSA) is 163 Å². The van der Waals surface area contributed by atoms with Gasteiger partial charge in [0.15, 0.2) is 5.60 Å². The normalized spacial score (nSPS) is 19.6. The second-order valence-corrected chi connectivity index (χ2v) is 11.0. The molecule has 4 rings (SSSR count). The van der Waals surface area contributed by atoms with E-state index in [4.69, 9.17) is 19.3 Å². The van der Waals surface area contributed by atoms with Crippen LogP contribution in [0.25, 0.3) is 0 Å². The van der Waals surface area contributed by atoms with E-state index in [-0.39, 0.29) is 11.5 Å². The van der Waals surface area contributed by atoms with Gasteiger partial charge in [0.2, 0.25) is 0 Å². The molecule has 5 N–H and O–H groups in total. The molecule has 2 aromatic carbocycles. The zero-order chi connectivity index (χ0) is 24.7. The molecule has 0 saturated carbocycles. The van der Waals surface area contributed by atoms with Crippen LogP contribution in [0, 0.1) is 0 Å². The predicted octanol–water partition coefficient (Wildman–Crippen LogP) is 2.85. The molecule has 0 saturated heterocycles. The van der Waals surface area contributed by atoms with Crippen LogP contribution in [0.15, 0.2) is 78.7 Å². The predicted molar refractivity (Wildman–Crippen MR) is 122 cm³/mol. The zero-order valence-corrected chi connectivity index (χ0v) is 19.4. The number of carbonyl (C=O) groups is 1. The first-order valence-electron chi connectivity index (χ1n) is 9.95. The lowest BCUT2D eigenvalue weighted by molar-refractivity contribution is 0.0217. The monoisotopic (exact) mass is 505 g/mol. The molecule has 2 heterocycles. The minimum Gasteiger partial charge on any atom is -0.456 e. The minimum atomic E-state index is -4.36. The quantitative estimate of drug-likeness (QED) is 0.279. The molecule has 0 fully saturated rings. The van der Waals surface area contributed by atoms with Gasteiger partial charge < -0.3 is 34.4 Å². The molecule has 2 aliphatic rings. The first kappa shape index (κ1) is 24.2. The SMILES string of the molecule is C=CC1=C(/C=C/NCP(=O)(O)O)Oc2cc(CP(=O)(O)O)ccc2C12OC(=O)c1ccccc12. The van der Waals surface area contributed by atoms with E-state index in [1.54, 1.807) is 30.3 Å². The summed E-state index contributed by atoms with van der Waals surface area (Å²) in [6.45, 7) is 3.85. The largest absolute Gasteiger partial charge is 0.456 e. The van der Waals surface area contributed by atoms with Gasteiger partial charge in [0.25, 0.3) is 0 Å². The molecular formula is C22H21NO9P2. The molecule has 0 aromatic heterocycles. The summed E-state index contributed by atoms with van der Waals surface area (Å²) in [6.07, 6.45) is 3.03. The number of benzene rings is 2. The maximum atomic E-state index is 12.8. The van der Waals surface area contributed by atoms with Gasteiger partial charge in [0, 0.05) is 22.9 Å². The van der Waals surface area contributed by atoms with Crippen molar-refractivity contribution in [3.05, 3.63) is 101 Å². The number of esters is 1. The lowest BCUT2D eigenvalue weighted by atomic mass is 9.77. The second kappa shape index (κ2) is 8.67. The van der Waals surface area contributed by atoms with Gasteiger partial charge in [-0.3, -0.25) is 9.13 Å². The van der Waals surface area contributed by atoms with E-state index < -0.39 is 39.2 Å². The van der Waals surface area contributed by atoms with Crippen LogP contribution >= 0.6 is 15.2 Å². The molecule has 1 spiro atoms. The van der Waals surface area contributed by atoms with Crippen molar-refractivity contribution in [2.24, 2.45) is 0 Å². The summed E-state index contributed by atoms with van der Waals surface area (Å²) >= 11 is 0. The molecule has 12 heteroatoms. The van der Waals surface area contributed by atoms with Crippen molar-refractivity contribution in [1.29, 1.82) is 0 Å². The molecule has 1 atom stereocenters. The molecule has 2 aromatic rings. The Balaban J connectivity index is 1.89. The van der Waals surface area contributed by atoms with Crippen LogP contribution < -0.4 is 10.1 Å². The van der Waals surface area contributed by atoms with Gasteiger partial charge in [-0.05, 0) is 23.8 Å². The van der Waals surface area contributed by atoms with E-state index in [0.717, 1.165) is 0 Å². The van der Waals surface area contributed by atoms with Crippen LogP contribution in [0.2, 0.25) is 0 Å². The summed E-state index contributed by atoms with van der Waals surface area (Å²) < 4.78 is 34.6. The Kier molecular flexibility index (Phi) is 6.16. The number of hydrogen-bond donors (Lipinski definition) is 5. The van der Waals surface area contributed by atoms with E-state index in [0.29, 0.717) is 27.8 Å². The average molecular weight is 505 g/mol. The van der Waals surface area contributed by atoms with Crippen LogP contribution in [-0.2, 0) is 25.6 Å². The number of allylic oxidation sites excluding steroid dienone is 1. The molecule has 0 bridgehead atoms. The van der Waals surface area contributed by atoms with E-state index in [1.165, 1.54) is 30.5 Å². The van der Waals surface area contributed by atoms with Crippen molar-refractivity contribution in [2.75, 3.05) is 6.29 Å². The number of nitrogens with one attached hydrogen (secondary N) is 1. The summed E-state index contributed by atoms with van der Waals surface area (Å²) in [7, 11) is -8.66. The molecular weight excluding hydrogens is 484 g/mol. The van der Waals surface area contributed by atoms with Crippen molar-refractivity contribution < 1.29 is 43.0 Å². The smallest absolute Gasteiger partial charge is 0.344 e. The highest BCUT2D eigenvalue weighted by molar-refractivity contribution is 7.51. The van der Waals surface area contributed by atoms with Gasteiger partial charge in [-0.2, -0.15) is 0 Å². The van der Waals surface area contributed by atoms with Crippen molar-refractivity contribution in [3.63, 3.8) is 0 Å². The summed E-state index contributed by atoms with van der Waals surface area (Å²) in [5.41, 5.74) is 0.566. The Labute approximate surface area is 194 Å². The molecule has 10 nitrogen and oxygen atoms in total. The molecule has 178 valence electrons. The molecule has 1 unspecified atom stereocenters. The minimum absolute atomic E-state index is 0.165. The molecule has 0 aliphatic carbocycles. The molecule has 34 heavy (non-hydrogen) atoms. The second-order valence-electron chi connectivity index (χ2n) is 7.71. The Morgan fingerprint density at radius 1 is 1.03 bits per heavy atom. The summed E-state index contributed by atoms with van der Waals surface area (Å²) in [5, 5.41) is 2.49. The fourth-order valence-electron chi connectivity index (χ4n) is 4.06. The third-order valence-corrected chi connectivity index (χ3v) is 6.68. The highest BCUT2D eigenvalue weighted by Gasteiger charge is 2.53. The fraction of sp³-hybridized carbons (Fsp3) is 0.136. The standard InChI is InChI=1S/C22H21NO9P2/c1-2-16-19(9-10-23-13-34(28,29)30)31-20-11-14(12-33(25,26)27)7-8-18(20)22(16)17-6-4-3-5-15(17)21(24)32-22/h2-11,23H,1,12-13H2,(H2,25,26,27)(H2,28,29,30)/b10-9+. The first-order valence-corrected chi connectivity index (χ1v) is 13.5. The number of ether oxygens (including phenoxy) is 2. The fourth-order valence-corrected chi connectivity index (χ4v) is 5.08. The van der Waals surface area contributed by atoms with Crippen LogP contribution in [0.3, 0.4) is 0 Å². The average Bonchev–Trinajstić information content (AvgIpc) is 3.02. The number of hydrogen-bond acceptors (Lipinski definition) is 6. The van der Waals surface area contributed by atoms with Crippen LogP contribution in [0.4, 0.5) is 0 Å². The molecule has 0 amide bonds. The molecule has 2 aliphatic heterocycles. The highest BCUT2D eigenvalue weighted by atomic mass is 31.2. The summed E-state index contributed by atoms with van der Waals surface area (Å²) in [6, 6.07) is 11.4. The Bertz CT molecular complexity index is 1340. The lowest BCUT2D eigenvalue weighted by Gasteiger charge is -2.37. The summed E-state index contributed by atoms with van der Waals surface area (Å²) in [4.78, 5) is 49.7. The zero-order valence-electron chi connectivity index (χ0n) is 17.6. The Morgan fingerprint density at radius 3 is 2.44 bits per heavy atom. The maximum absolute atomic E-state index is 12.8. The van der Waals surface area contributed by atoms with Crippen LogP contribution in [0.5, 0.6) is 5.75 Å². The number of rotatable bonds is 7. The van der Waals surface area contributed by atoms with Crippen LogP contribution in [-0.4, -0.2) is 31.8 Å². The van der Waals surface area contributed by atoms with Crippen molar-refractivity contribution in [1.82, 2.24) is 5.32 Å². The first-order chi connectivity index (χ1) is 15.9. The van der Waals surface area contributed by atoms with Crippen molar-refractivity contribution in [2.45, 2.75) is 11.8 Å². The van der Waals surface area contributed by atoms with Gasteiger partial charge in [-0.25, -0.2) is 4.79 Å². The lowest BCUT2D eigenvalue weighted by Crippen LogP contribution is -2.35. The highest BCUT2D eigenvalue weighted by Crippen LogP contribution is 2.54. The maximum Gasteiger partial charge on any atom is 0.344 e. The van der Waals surface area contributed by atoms with E-state index in [9.17, 15) is 23.7 Å². The third-order valence-electron chi connectivity index (χ3n) is 5.30.